The van der Waals surface area contributed by atoms with Crippen LogP contribution in [0.25, 0.3) is 0 Å². The van der Waals surface area contributed by atoms with Gasteiger partial charge in [-0.15, -0.1) is 0 Å². The first-order valence-electron chi connectivity index (χ1n) is 8.33. The standard InChI is InChI=1S/C19H20N2O4S/c1-13(2)19(15-5-8-17-18(11-15)25-10-9-24-17)21-26(22,23)16-6-3-14(12-20)4-7-16/h3-8,11,13,19,21H,9-10H2,1-2H3/t19-/m0/s1. The van der Waals surface area contributed by atoms with Crippen LogP contribution < -0.4 is 14.2 Å². The quantitative estimate of drug-likeness (QED) is 0.872. The van der Waals surface area contributed by atoms with Gasteiger partial charge in [0, 0.05) is 6.04 Å². The highest BCUT2D eigenvalue weighted by atomic mass is 32.2. The van der Waals surface area contributed by atoms with Gasteiger partial charge in [-0.3, -0.25) is 0 Å². The van der Waals surface area contributed by atoms with Gasteiger partial charge in [0.05, 0.1) is 16.5 Å². The lowest BCUT2D eigenvalue weighted by atomic mass is 9.97. The van der Waals surface area contributed by atoms with Crippen LogP contribution in [0.15, 0.2) is 47.4 Å². The molecule has 136 valence electrons. The molecule has 1 atom stereocenters. The van der Waals surface area contributed by atoms with E-state index in [2.05, 4.69) is 4.72 Å². The smallest absolute Gasteiger partial charge is 0.241 e. The third-order valence-corrected chi connectivity index (χ3v) is 5.62. The van der Waals surface area contributed by atoms with Gasteiger partial charge in [0.2, 0.25) is 10.0 Å². The van der Waals surface area contributed by atoms with Crippen LogP contribution in [0, 0.1) is 17.2 Å². The lowest BCUT2D eigenvalue weighted by Crippen LogP contribution is -2.32. The van der Waals surface area contributed by atoms with E-state index in [1.165, 1.54) is 24.3 Å². The Balaban J connectivity index is 1.89. The number of sulfonamides is 1. The maximum Gasteiger partial charge on any atom is 0.241 e. The SMILES string of the molecule is CC(C)[C@H](NS(=O)(=O)c1ccc(C#N)cc1)c1ccc2c(c1)OCCO2. The van der Waals surface area contributed by atoms with Crippen LogP contribution in [0.5, 0.6) is 11.5 Å². The maximum absolute atomic E-state index is 12.8. The topological polar surface area (TPSA) is 88.4 Å². The molecule has 2 aromatic carbocycles. The second-order valence-electron chi connectivity index (χ2n) is 6.38. The van der Waals surface area contributed by atoms with Crippen LogP contribution in [0.1, 0.15) is 31.0 Å². The lowest BCUT2D eigenvalue weighted by Gasteiger charge is -2.25. The number of nitriles is 1. The highest BCUT2D eigenvalue weighted by Gasteiger charge is 2.25. The van der Waals surface area contributed by atoms with Crippen molar-refractivity contribution >= 4 is 10.0 Å². The molecule has 6 nitrogen and oxygen atoms in total. The zero-order chi connectivity index (χ0) is 18.7. The fourth-order valence-electron chi connectivity index (χ4n) is 2.79. The van der Waals surface area contributed by atoms with Gasteiger partial charge in [0.15, 0.2) is 11.5 Å². The molecule has 0 saturated carbocycles. The number of nitrogens with zero attached hydrogens (tertiary/aromatic N) is 1. The largest absolute Gasteiger partial charge is 0.486 e. The van der Waals surface area contributed by atoms with E-state index in [4.69, 9.17) is 14.7 Å². The van der Waals surface area contributed by atoms with Crippen molar-refractivity contribution in [2.24, 2.45) is 5.92 Å². The first-order chi connectivity index (χ1) is 12.4. The molecule has 26 heavy (non-hydrogen) atoms. The Labute approximate surface area is 153 Å². The van der Waals surface area contributed by atoms with Crippen molar-refractivity contribution in [2.75, 3.05) is 13.2 Å². The molecule has 0 aromatic heterocycles. The number of ether oxygens (including phenoxy) is 2. The van der Waals surface area contributed by atoms with Gasteiger partial charge in [-0.05, 0) is 47.9 Å². The minimum Gasteiger partial charge on any atom is -0.486 e. The summed E-state index contributed by atoms with van der Waals surface area (Å²) < 4.78 is 39.4. The predicted molar refractivity (Wildman–Crippen MR) is 96.5 cm³/mol. The molecule has 0 radical (unpaired) electrons. The molecule has 0 unspecified atom stereocenters. The minimum absolute atomic E-state index is 0.0192. The summed E-state index contributed by atoms with van der Waals surface area (Å²) >= 11 is 0. The molecule has 0 spiro atoms. The summed E-state index contributed by atoms with van der Waals surface area (Å²) in [5.41, 5.74) is 1.22. The fourth-order valence-corrected chi connectivity index (χ4v) is 4.16. The van der Waals surface area contributed by atoms with Gasteiger partial charge in [-0.2, -0.15) is 5.26 Å². The van der Waals surface area contributed by atoms with Gasteiger partial charge < -0.3 is 9.47 Å². The van der Waals surface area contributed by atoms with E-state index in [9.17, 15) is 8.42 Å². The van der Waals surface area contributed by atoms with Gasteiger partial charge in [-0.25, -0.2) is 13.1 Å². The first-order valence-corrected chi connectivity index (χ1v) is 9.81. The summed E-state index contributed by atoms with van der Waals surface area (Å²) in [6, 6.07) is 12.9. The number of rotatable bonds is 5. The molecule has 1 aliphatic heterocycles. The molecule has 0 bridgehead atoms. The molecule has 2 aromatic rings. The average Bonchev–Trinajstić information content (AvgIpc) is 2.65. The van der Waals surface area contributed by atoms with Crippen LogP contribution in [0.2, 0.25) is 0 Å². The van der Waals surface area contributed by atoms with E-state index in [0.717, 1.165) is 5.56 Å². The number of benzene rings is 2. The van der Waals surface area contributed by atoms with Crippen molar-refractivity contribution in [3.63, 3.8) is 0 Å². The second kappa shape index (κ2) is 7.36. The highest BCUT2D eigenvalue weighted by Crippen LogP contribution is 2.35. The van der Waals surface area contributed by atoms with Crippen LogP contribution >= 0.6 is 0 Å². The zero-order valence-corrected chi connectivity index (χ0v) is 15.4. The van der Waals surface area contributed by atoms with Crippen molar-refractivity contribution in [1.29, 1.82) is 5.26 Å². The predicted octanol–water partition coefficient (Wildman–Crippen LogP) is 3.01. The number of fused-ring (bicyclic) bond motifs is 1. The molecule has 1 aliphatic rings. The summed E-state index contributed by atoms with van der Waals surface area (Å²) in [4.78, 5) is 0.125. The maximum atomic E-state index is 12.8. The Morgan fingerprint density at radius 3 is 2.31 bits per heavy atom. The summed E-state index contributed by atoms with van der Waals surface area (Å²) in [7, 11) is -3.73. The molecule has 7 heteroatoms. The van der Waals surface area contributed by atoms with E-state index in [1.54, 1.807) is 6.07 Å². The van der Waals surface area contributed by atoms with Crippen molar-refractivity contribution in [3.8, 4) is 17.6 Å². The molecule has 1 heterocycles. The van der Waals surface area contributed by atoms with Gasteiger partial charge in [0.1, 0.15) is 13.2 Å². The van der Waals surface area contributed by atoms with Gasteiger partial charge >= 0.3 is 0 Å². The summed E-state index contributed by atoms with van der Waals surface area (Å²) in [5.74, 6) is 1.31. The molecular formula is C19H20N2O4S. The molecule has 0 fully saturated rings. The summed E-state index contributed by atoms with van der Waals surface area (Å²) in [6.45, 7) is 4.87. The van der Waals surface area contributed by atoms with Crippen molar-refractivity contribution in [1.82, 2.24) is 4.72 Å². The normalized spacial score (nSPS) is 14.7. The number of hydrogen-bond acceptors (Lipinski definition) is 5. The minimum atomic E-state index is -3.73. The van der Waals surface area contributed by atoms with E-state index in [0.29, 0.717) is 30.3 Å². The van der Waals surface area contributed by atoms with E-state index < -0.39 is 16.1 Å². The molecule has 0 saturated heterocycles. The van der Waals surface area contributed by atoms with Crippen LogP contribution in [0.4, 0.5) is 0 Å². The van der Waals surface area contributed by atoms with Gasteiger partial charge in [-0.1, -0.05) is 19.9 Å². The number of nitrogens with one attached hydrogen (secondary N) is 1. The molecule has 0 amide bonds. The molecule has 0 aliphatic carbocycles. The Hall–Kier alpha value is -2.56. The Morgan fingerprint density at radius 2 is 1.69 bits per heavy atom. The van der Waals surface area contributed by atoms with Crippen molar-refractivity contribution in [3.05, 3.63) is 53.6 Å². The molecule has 3 rings (SSSR count). The van der Waals surface area contributed by atoms with Gasteiger partial charge in [0.25, 0.3) is 0 Å². The fraction of sp³-hybridized carbons (Fsp3) is 0.316. The van der Waals surface area contributed by atoms with E-state index in [-0.39, 0.29) is 10.8 Å². The molecule has 1 N–H and O–H groups in total. The molecular weight excluding hydrogens is 352 g/mol. The zero-order valence-electron chi connectivity index (χ0n) is 14.6. The second-order valence-corrected chi connectivity index (χ2v) is 8.10. The lowest BCUT2D eigenvalue weighted by molar-refractivity contribution is 0.171. The Morgan fingerprint density at radius 1 is 1.04 bits per heavy atom. The average molecular weight is 372 g/mol. The monoisotopic (exact) mass is 372 g/mol. The van der Waals surface area contributed by atoms with Crippen LogP contribution in [-0.2, 0) is 10.0 Å². The Kier molecular flexibility index (Phi) is 5.16. The van der Waals surface area contributed by atoms with E-state index in [1.807, 2.05) is 32.0 Å². The van der Waals surface area contributed by atoms with Crippen LogP contribution in [0.3, 0.4) is 0 Å². The van der Waals surface area contributed by atoms with Crippen molar-refractivity contribution < 1.29 is 17.9 Å². The summed E-state index contributed by atoms with van der Waals surface area (Å²) in [5, 5.41) is 8.86. The first kappa shape index (κ1) is 18.2. The third-order valence-electron chi connectivity index (χ3n) is 4.17. The number of hydrogen-bond donors (Lipinski definition) is 1. The van der Waals surface area contributed by atoms with Crippen molar-refractivity contribution in [2.45, 2.75) is 24.8 Å². The summed E-state index contributed by atoms with van der Waals surface area (Å²) in [6.07, 6.45) is 0. The highest BCUT2D eigenvalue weighted by molar-refractivity contribution is 7.89. The van der Waals surface area contributed by atoms with Crippen LogP contribution in [-0.4, -0.2) is 21.6 Å². The Bertz CT molecular complexity index is 931. The third kappa shape index (κ3) is 3.82. The van der Waals surface area contributed by atoms with E-state index >= 15 is 0 Å².